The molecule has 3 saturated carbocycles. The Morgan fingerprint density at radius 2 is 1.96 bits per heavy atom. The largest absolute Gasteiger partial charge is 0.489 e. The Bertz CT molecular complexity index is 1880. The van der Waals surface area contributed by atoms with E-state index in [4.69, 9.17) is 36.9 Å². The second kappa shape index (κ2) is 10.4. The number of carbonyl (C=O) groups excluding carboxylic acids is 2. The standard InChI is InChI=1S/C34H33ClFN5O4/c1-34(33(37)43)16-44-31-24(34)14-28(39-30(31)19-6-9-26(36)25(35)11-19)23(17-2-3-17)15-38-32(42)20-10-21-13-27(18-4-5-18)40-41(21)29(12-20)45-22-7-8-22/h6,9-14,17-18,22-23H,2-5,7-8,15-16H2,1H3,(H2,37,43)(H,38,42)/t23-,34?/m0/s1. The molecular formula is C34H33ClFN5O4. The lowest BCUT2D eigenvalue weighted by Gasteiger charge is -2.22. The van der Waals surface area contributed by atoms with E-state index in [2.05, 4.69) is 11.4 Å². The number of ether oxygens (including phenoxy) is 2. The molecule has 2 atom stereocenters. The number of rotatable bonds is 10. The zero-order chi connectivity index (χ0) is 31.0. The minimum Gasteiger partial charge on any atom is -0.489 e. The van der Waals surface area contributed by atoms with Crippen LogP contribution in [0.25, 0.3) is 16.8 Å². The van der Waals surface area contributed by atoms with Crippen molar-refractivity contribution < 1.29 is 23.5 Å². The molecule has 0 spiro atoms. The van der Waals surface area contributed by atoms with Crippen LogP contribution >= 0.6 is 11.6 Å². The summed E-state index contributed by atoms with van der Waals surface area (Å²) in [5, 5.41) is 7.89. The van der Waals surface area contributed by atoms with Crippen molar-refractivity contribution in [1.82, 2.24) is 19.9 Å². The number of nitrogens with two attached hydrogens (primary N) is 1. The molecule has 0 radical (unpaired) electrons. The molecule has 3 aromatic heterocycles. The number of pyridine rings is 2. The highest BCUT2D eigenvalue weighted by Crippen LogP contribution is 2.48. The van der Waals surface area contributed by atoms with Gasteiger partial charge in [0.1, 0.15) is 35.4 Å². The van der Waals surface area contributed by atoms with Gasteiger partial charge in [-0.1, -0.05) is 11.6 Å². The first-order valence-electron chi connectivity index (χ1n) is 15.6. The van der Waals surface area contributed by atoms with E-state index >= 15 is 0 Å². The Labute approximate surface area is 264 Å². The molecule has 1 unspecified atom stereocenters. The third-order valence-electron chi connectivity index (χ3n) is 9.50. The van der Waals surface area contributed by atoms with E-state index in [1.54, 1.807) is 19.1 Å². The van der Waals surface area contributed by atoms with Crippen LogP contribution in [-0.2, 0) is 10.2 Å². The second-order valence-corrected chi connectivity index (χ2v) is 13.5. The van der Waals surface area contributed by atoms with Gasteiger partial charge in [0.05, 0.1) is 16.2 Å². The SMILES string of the molecule is CC1(C(N)=O)COc2c1cc([C@@H](CNC(=O)c1cc(OC3CC3)n3nc(C4CC4)cc3c1)C1CC1)nc2-c1ccc(F)c(Cl)c1. The number of primary amides is 1. The lowest BCUT2D eigenvalue weighted by Crippen LogP contribution is -2.40. The molecule has 8 rings (SSSR count). The Morgan fingerprint density at radius 1 is 1.16 bits per heavy atom. The van der Waals surface area contributed by atoms with Gasteiger partial charge in [0.25, 0.3) is 5.91 Å². The monoisotopic (exact) mass is 629 g/mol. The number of benzene rings is 1. The third kappa shape index (κ3) is 5.18. The van der Waals surface area contributed by atoms with Gasteiger partial charge < -0.3 is 20.5 Å². The van der Waals surface area contributed by atoms with Crippen LogP contribution in [0.3, 0.4) is 0 Å². The van der Waals surface area contributed by atoms with E-state index in [1.165, 1.54) is 12.1 Å². The summed E-state index contributed by atoms with van der Waals surface area (Å²) in [6.07, 6.45) is 6.41. The number of amides is 2. The predicted octanol–water partition coefficient (Wildman–Crippen LogP) is 5.67. The van der Waals surface area contributed by atoms with Crippen LogP contribution in [0.5, 0.6) is 11.6 Å². The van der Waals surface area contributed by atoms with Crippen molar-refractivity contribution in [3.63, 3.8) is 0 Å². The van der Waals surface area contributed by atoms with Gasteiger partial charge in [0, 0.05) is 46.8 Å². The van der Waals surface area contributed by atoms with Gasteiger partial charge in [-0.25, -0.2) is 13.9 Å². The van der Waals surface area contributed by atoms with Crippen molar-refractivity contribution in [3.05, 3.63) is 75.8 Å². The van der Waals surface area contributed by atoms with Crippen LogP contribution in [0, 0.1) is 11.7 Å². The topological polar surface area (TPSA) is 121 Å². The molecule has 4 aliphatic rings. The van der Waals surface area contributed by atoms with Crippen molar-refractivity contribution in [2.24, 2.45) is 11.7 Å². The summed E-state index contributed by atoms with van der Waals surface area (Å²) in [6.45, 7) is 2.16. The molecule has 3 aliphatic carbocycles. The summed E-state index contributed by atoms with van der Waals surface area (Å²) < 4.78 is 28.1. The summed E-state index contributed by atoms with van der Waals surface area (Å²) >= 11 is 6.15. The maximum atomic E-state index is 14.1. The normalized spacial score (nSPS) is 21.3. The highest BCUT2D eigenvalue weighted by Gasteiger charge is 2.45. The second-order valence-electron chi connectivity index (χ2n) is 13.1. The maximum Gasteiger partial charge on any atom is 0.251 e. The predicted molar refractivity (Wildman–Crippen MR) is 165 cm³/mol. The first kappa shape index (κ1) is 28.3. The van der Waals surface area contributed by atoms with E-state index in [0.717, 1.165) is 49.7 Å². The smallest absolute Gasteiger partial charge is 0.251 e. The summed E-state index contributed by atoms with van der Waals surface area (Å²) in [4.78, 5) is 31.3. The number of fused-ring (bicyclic) bond motifs is 2. The lowest BCUT2D eigenvalue weighted by atomic mass is 9.82. The van der Waals surface area contributed by atoms with Gasteiger partial charge in [-0.15, -0.1) is 0 Å². The fourth-order valence-corrected chi connectivity index (χ4v) is 6.37. The van der Waals surface area contributed by atoms with Gasteiger partial charge in [0.15, 0.2) is 0 Å². The van der Waals surface area contributed by atoms with Crippen molar-refractivity contribution in [2.75, 3.05) is 13.2 Å². The quantitative estimate of drug-likeness (QED) is 0.233. The highest BCUT2D eigenvalue weighted by atomic mass is 35.5. The summed E-state index contributed by atoms with van der Waals surface area (Å²) in [7, 11) is 0. The molecule has 2 amide bonds. The van der Waals surface area contributed by atoms with E-state index in [0.29, 0.717) is 58.1 Å². The van der Waals surface area contributed by atoms with Gasteiger partial charge in [-0.05, 0) is 87.8 Å². The Kier molecular flexibility index (Phi) is 6.57. The van der Waals surface area contributed by atoms with E-state index in [9.17, 15) is 14.0 Å². The van der Waals surface area contributed by atoms with Gasteiger partial charge in [-0.2, -0.15) is 5.10 Å². The Balaban J connectivity index is 1.12. The molecular weight excluding hydrogens is 597 g/mol. The van der Waals surface area contributed by atoms with Gasteiger partial charge in [-0.3, -0.25) is 9.59 Å². The van der Waals surface area contributed by atoms with Crippen molar-refractivity contribution in [1.29, 1.82) is 0 Å². The molecule has 3 N–H and O–H groups in total. The molecule has 0 bridgehead atoms. The van der Waals surface area contributed by atoms with Gasteiger partial charge in [0.2, 0.25) is 11.8 Å². The summed E-state index contributed by atoms with van der Waals surface area (Å²) in [5.41, 5.74) is 9.55. The van der Waals surface area contributed by atoms with Crippen LogP contribution in [0.1, 0.15) is 84.6 Å². The molecule has 4 heterocycles. The molecule has 1 aliphatic heterocycles. The van der Waals surface area contributed by atoms with E-state index < -0.39 is 17.1 Å². The van der Waals surface area contributed by atoms with Crippen molar-refractivity contribution in [3.8, 4) is 22.9 Å². The van der Waals surface area contributed by atoms with Crippen LogP contribution < -0.4 is 20.5 Å². The minimum atomic E-state index is -1.07. The molecule has 1 aromatic carbocycles. The molecule has 11 heteroatoms. The van der Waals surface area contributed by atoms with Crippen LogP contribution in [0.2, 0.25) is 5.02 Å². The van der Waals surface area contributed by atoms with Crippen LogP contribution in [0.4, 0.5) is 4.39 Å². The molecule has 0 saturated heterocycles. The zero-order valence-corrected chi connectivity index (χ0v) is 25.6. The van der Waals surface area contributed by atoms with Gasteiger partial charge >= 0.3 is 0 Å². The number of halogens is 2. The maximum absolute atomic E-state index is 14.1. The van der Waals surface area contributed by atoms with Crippen molar-refractivity contribution in [2.45, 2.75) is 68.8 Å². The zero-order valence-electron chi connectivity index (χ0n) is 24.8. The Hall–Kier alpha value is -4.18. The van der Waals surface area contributed by atoms with E-state index in [-0.39, 0.29) is 29.6 Å². The summed E-state index contributed by atoms with van der Waals surface area (Å²) in [5.74, 6) is 0.399. The average Bonchev–Trinajstić information content (AvgIpc) is 3.91. The fraction of sp³-hybridized carbons (Fsp3) is 0.412. The molecule has 4 aromatic rings. The third-order valence-corrected chi connectivity index (χ3v) is 9.79. The fourth-order valence-electron chi connectivity index (χ4n) is 6.19. The van der Waals surface area contributed by atoms with E-state index in [1.807, 2.05) is 16.6 Å². The number of hydrogen-bond donors (Lipinski definition) is 2. The number of hydrogen-bond acceptors (Lipinski definition) is 6. The molecule has 3 fully saturated rings. The Morgan fingerprint density at radius 3 is 2.64 bits per heavy atom. The first-order valence-corrected chi connectivity index (χ1v) is 16.0. The molecule has 9 nitrogen and oxygen atoms in total. The first-order chi connectivity index (χ1) is 21.7. The number of nitrogens with zero attached hydrogens (tertiary/aromatic N) is 3. The average molecular weight is 630 g/mol. The molecule has 45 heavy (non-hydrogen) atoms. The van der Waals surface area contributed by atoms with Crippen molar-refractivity contribution >= 4 is 28.9 Å². The number of aromatic nitrogens is 3. The number of nitrogens with one attached hydrogen (secondary N) is 1. The van der Waals surface area contributed by atoms with Crippen LogP contribution in [0.15, 0.2) is 42.5 Å². The highest BCUT2D eigenvalue weighted by molar-refractivity contribution is 6.31. The molecule has 232 valence electrons. The lowest BCUT2D eigenvalue weighted by molar-refractivity contribution is -0.123. The van der Waals surface area contributed by atoms with Crippen LogP contribution in [-0.4, -0.2) is 45.7 Å². The minimum absolute atomic E-state index is 0.0421. The number of carbonyl (C=O) groups is 2. The summed E-state index contributed by atoms with van der Waals surface area (Å²) in [6, 6.07) is 11.9.